The van der Waals surface area contributed by atoms with Gasteiger partial charge < -0.3 is 14.4 Å². The normalized spacial score (nSPS) is 17.6. The Morgan fingerprint density at radius 3 is 2.34 bits per heavy atom. The van der Waals surface area contributed by atoms with Gasteiger partial charge in [-0.25, -0.2) is 0 Å². The maximum Gasteiger partial charge on any atom is 0.301 e. The van der Waals surface area contributed by atoms with Crippen LogP contribution in [0.15, 0.2) is 77.3 Å². The minimum atomic E-state index is -0.870. The average Bonchev–Trinajstić information content (AvgIpc) is 3.37. The van der Waals surface area contributed by atoms with Crippen molar-refractivity contribution in [1.29, 1.82) is 0 Å². The van der Waals surface area contributed by atoms with Crippen LogP contribution in [-0.4, -0.2) is 28.6 Å². The summed E-state index contributed by atoms with van der Waals surface area (Å²) in [6.07, 6.45) is 1.63. The van der Waals surface area contributed by atoms with Gasteiger partial charge in [0.15, 0.2) is 5.82 Å². The summed E-state index contributed by atoms with van der Waals surface area (Å²) >= 11 is 0. The van der Waals surface area contributed by atoms with E-state index in [1.165, 1.54) is 4.90 Å². The quantitative estimate of drug-likeness (QED) is 0.221. The van der Waals surface area contributed by atoms with E-state index in [0.717, 1.165) is 5.56 Å². The van der Waals surface area contributed by atoms with Crippen molar-refractivity contribution in [2.75, 3.05) is 11.5 Å². The van der Waals surface area contributed by atoms with Gasteiger partial charge in [-0.05, 0) is 47.7 Å². The summed E-state index contributed by atoms with van der Waals surface area (Å²) in [7, 11) is 0. The van der Waals surface area contributed by atoms with Crippen LogP contribution in [0.4, 0.5) is 5.82 Å². The molecular formula is C28H28N2O5. The van der Waals surface area contributed by atoms with Gasteiger partial charge >= 0.3 is 5.91 Å². The lowest BCUT2D eigenvalue weighted by atomic mass is 9.85. The number of carbonyl (C=O) groups excluding carboxylic acids is 2. The van der Waals surface area contributed by atoms with Gasteiger partial charge in [0.2, 0.25) is 0 Å². The second-order valence-corrected chi connectivity index (χ2v) is 9.46. The smallest absolute Gasteiger partial charge is 0.301 e. The third-order valence-electron chi connectivity index (χ3n) is 5.89. The van der Waals surface area contributed by atoms with Gasteiger partial charge in [-0.2, -0.15) is 0 Å². The predicted octanol–water partition coefficient (Wildman–Crippen LogP) is 5.47. The first-order chi connectivity index (χ1) is 16.6. The van der Waals surface area contributed by atoms with E-state index in [0.29, 0.717) is 29.2 Å². The molecular weight excluding hydrogens is 444 g/mol. The first-order valence-corrected chi connectivity index (χ1v) is 11.3. The van der Waals surface area contributed by atoms with Crippen LogP contribution in [0, 0.1) is 6.92 Å². The highest BCUT2D eigenvalue weighted by Crippen LogP contribution is 2.42. The summed E-state index contributed by atoms with van der Waals surface area (Å²) in [5.41, 5.74) is 2.08. The molecule has 7 nitrogen and oxygen atoms in total. The molecule has 0 bridgehead atoms. The summed E-state index contributed by atoms with van der Waals surface area (Å²) in [4.78, 5) is 27.7. The molecule has 4 rings (SSSR count). The highest BCUT2D eigenvalue weighted by molar-refractivity contribution is 6.51. The van der Waals surface area contributed by atoms with Crippen molar-refractivity contribution in [1.82, 2.24) is 5.16 Å². The molecule has 1 aliphatic heterocycles. The van der Waals surface area contributed by atoms with Crippen molar-refractivity contribution in [3.05, 3.63) is 95.3 Å². The second-order valence-electron chi connectivity index (χ2n) is 9.46. The van der Waals surface area contributed by atoms with Gasteiger partial charge in [0.25, 0.3) is 5.78 Å². The van der Waals surface area contributed by atoms with Crippen molar-refractivity contribution < 1.29 is 24.0 Å². The number of aliphatic hydroxyl groups is 1. The van der Waals surface area contributed by atoms with E-state index >= 15 is 0 Å². The summed E-state index contributed by atoms with van der Waals surface area (Å²) in [5, 5.41) is 15.2. The van der Waals surface area contributed by atoms with Crippen molar-refractivity contribution >= 4 is 23.3 Å². The average molecular weight is 473 g/mol. The number of amides is 1. The fourth-order valence-corrected chi connectivity index (χ4v) is 4.04. The zero-order valence-electron chi connectivity index (χ0n) is 20.2. The number of hydrogen-bond donors (Lipinski definition) is 1. The van der Waals surface area contributed by atoms with Gasteiger partial charge in [-0.1, -0.05) is 62.8 Å². The Balaban J connectivity index is 1.84. The molecule has 1 fully saturated rings. The zero-order valence-corrected chi connectivity index (χ0v) is 20.2. The fourth-order valence-electron chi connectivity index (χ4n) is 4.04. The number of rotatable bonds is 6. The number of Topliss-reactive ketones (excluding diaryl/α,β-unsaturated/α-hetero) is 1. The highest BCUT2D eigenvalue weighted by atomic mass is 16.5. The molecule has 1 amide bonds. The maximum atomic E-state index is 13.2. The van der Waals surface area contributed by atoms with Crippen molar-refractivity contribution in [2.45, 2.75) is 39.2 Å². The van der Waals surface area contributed by atoms with E-state index in [9.17, 15) is 14.7 Å². The standard InChI is InChI=1S/C28H28N2O5/c1-6-15-34-21-13-9-19(10-14-21)25(31)23-24(18-7-11-20(12-8-18)28(3,4)5)30(27(33)26(23)32)22-16-17(2)35-29-22/h6-14,16,24,31H,1,15H2,2-5H3/t24-/m0/s1. The topological polar surface area (TPSA) is 92.9 Å². The van der Waals surface area contributed by atoms with Crippen LogP contribution in [0.3, 0.4) is 0 Å². The van der Waals surface area contributed by atoms with Crippen LogP contribution in [0.25, 0.3) is 5.76 Å². The number of nitrogens with zero attached hydrogens (tertiary/aromatic N) is 2. The summed E-state index contributed by atoms with van der Waals surface area (Å²) in [5.74, 6) is -0.545. The molecule has 2 heterocycles. The van der Waals surface area contributed by atoms with Crippen LogP contribution in [0.2, 0.25) is 0 Å². The SMILES string of the molecule is C=CCOc1ccc(C(O)=C2C(=O)C(=O)N(c3cc(C)on3)[C@H]2c2ccc(C(C)(C)C)cc2)cc1. The number of aromatic nitrogens is 1. The second kappa shape index (κ2) is 9.25. The van der Waals surface area contributed by atoms with Gasteiger partial charge in [-0.15, -0.1) is 0 Å². The number of carbonyl (C=O) groups is 2. The van der Waals surface area contributed by atoms with Crippen LogP contribution < -0.4 is 9.64 Å². The molecule has 0 unspecified atom stereocenters. The van der Waals surface area contributed by atoms with Crippen molar-refractivity contribution in [3.63, 3.8) is 0 Å². The predicted molar refractivity (Wildman–Crippen MR) is 133 cm³/mol. The Morgan fingerprint density at radius 2 is 1.80 bits per heavy atom. The molecule has 0 saturated carbocycles. The first-order valence-electron chi connectivity index (χ1n) is 11.3. The van der Waals surface area contributed by atoms with Crippen molar-refractivity contribution in [2.24, 2.45) is 0 Å². The van der Waals surface area contributed by atoms with Crippen molar-refractivity contribution in [3.8, 4) is 5.75 Å². The Kier molecular flexibility index (Phi) is 6.35. The van der Waals surface area contributed by atoms with E-state index in [-0.39, 0.29) is 22.6 Å². The Morgan fingerprint density at radius 1 is 1.14 bits per heavy atom. The lowest BCUT2D eigenvalue weighted by molar-refractivity contribution is -0.132. The number of aliphatic hydroxyl groups excluding tert-OH is 1. The largest absolute Gasteiger partial charge is 0.507 e. The molecule has 1 atom stereocenters. The lowest BCUT2D eigenvalue weighted by Crippen LogP contribution is -2.29. The molecule has 1 saturated heterocycles. The van der Waals surface area contributed by atoms with Gasteiger partial charge in [0.05, 0.1) is 11.6 Å². The van der Waals surface area contributed by atoms with Crippen LogP contribution in [0.5, 0.6) is 5.75 Å². The molecule has 1 aliphatic rings. The molecule has 0 aliphatic carbocycles. The van der Waals surface area contributed by atoms with E-state index in [1.54, 1.807) is 43.3 Å². The lowest BCUT2D eigenvalue weighted by Gasteiger charge is -2.24. The Hall–Kier alpha value is -4.13. The van der Waals surface area contributed by atoms with Crippen LogP contribution in [-0.2, 0) is 15.0 Å². The van der Waals surface area contributed by atoms with E-state index in [1.807, 2.05) is 24.3 Å². The monoisotopic (exact) mass is 472 g/mol. The number of aryl methyl sites for hydroxylation is 1. The number of ketones is 1. The minimum absolute atomic E-state index is 0.0149. The third kappa shape index (κ3) is 4.62. The molecule has 0 radical (unpaired) electrons. The van der Waals surface area contributed by atoms with Gasteiger partial charge in [0, 0.05) is 11.6 Å². The fraction of sp³-hybridized carbons (Fsp3) is 0.250. The summed E-state index contributed by atoms with van der Waals surface area (Å²) in [6.45, 7) is 12.0. The Labute approximate surface area is 204 Å². The molecule has 2 aromatic carbocycles. The number of hydrogen-bond acceptors (Lipinski definition) is 6. The molecule has 35 heavy (non-hydrogen) atoms. The zero-order chi connectivity index (χ0) is 25.3. The number of anilines is 1. The molecule has 1 aromatic heterocycles. The van der Waals surface area contributed by atoms with E-state index in [2.05, 4.69) is 32.5 Å². The van der Waals surface area contributed by atoms with Crippen LogP contribution in [0.1, 0.15) is 49.3 Å². The highest BCUT2D eigenvalue weighted by Gasteiger charge is 2.48. The van der Waals surface area contributed by atoms with E-state index in [4.69, 9.17) is 9.26 Å². The molecule has 180 valence electrons. The Bertz CT molecular complexity index is 1290. The number of ether oxygens (including phenoxy) is 1. The third-order valence-corrected chi connectivity index (χ3v) is 5.89. The van der Waals surface area contributed by atoms with Gasteiger partial charge in [0.1, 0.15) is 23.9 Å². The summed E-state index contributed by atoms with van der Waals surface area (Å²) < 4.78 is 10.7. The maximum absolute atomic E-state index is 13.2. The van der Waals surface area contributed by atoms with Gasteiger partial charge in [-0.3, -0.25) is 14.5 Å². The molecule has 1 N–H and O–H groups in total. The first kappa shape index (κ1) is 24.0. The summed E-state index contributed by atoms with van der Waals surface area (Å²) in [6, 6.07) is 15.0. The molecule has 7 heteroatoms. The molecule has 0 spiro atoms. The van der Waals surface area contributed by atoms with Crippen LogP contribution >= 0.6 is 0 Å². The molecule has 3 aromatic rings. The number of benzene rings is 2. The van der Waals surface area contributed by atoms with E-state index < -0.39 is 17.7 Å². The minimum Gasteiger partial charge on any atom is -0.507 e.